The van der Waals surface area contributed by atoms with Crippen molar-refractivity contribution < 1.29 is 9.90 Å². The van der Waals surface area contributed by atoms with Crippen molar-refractivity contribution in [1.29, 1.82) is 0 Å². The van der Waals surface area contributed by atoms with Crippen LogP contribution in [0.3, 0.4) is 0 Å². The summed E-state index contributed by atoms with van der Waals surface area (Å²) in [5.41, 5.74) is 0. The number of carbonyl (C=O) groups is 1. The van der Waals surface area contributed by atoms with E-state index in [1.165, 1.54) is 0 Å². The highest BCUT2D eigenvalue weighted by Gasteiger charge is 2.19. The first kappa shape index (κ1) is 17.5. The van der Waals surface area contributed by atoms with Crippen molar-refractivity contribution in [3.63, 3.8) is 0 Å². The topological polar surface area (TPSA) is 73.6 Å². The lowest BCUT2D eigenvalue weighted by Gasteiger charge is -2.27. The molecule has 7 heteroatoms. The van der Waals surface area contributed by atoms with Crippen molar-refractivity contribution in [2.45, 2.75) is 39.5 Å². The van der Waals surface area contributed by atoms with Crippen LogP contribution in [0.2, 0.25) is 0 Å². The summed E-state index contributed by atoms with van der Waals surface area (Å²) < 4.78 is 1.80. The second kappa shape index (κ2) is 7.99. The van der Waals surface area contributed by atoms with Gasteiger partial charge >= 0.3 is 6.03 Å². The van der Waals surface area contributed by atoms with E-state index >= 15 is 0 Å². The Bertz CT molecular complexity index is 442. The Kier molecular flexibility index (Phi) is 6.64. The minimum absolute atomic E-state index is 0.00965. The van der Waals surface area contributed by atoms with Crippen LogP contribution in [0, 0.1) is 0 Å². The predicted octanol–water partition coefficient (Wildman–Crippen LogP) is 1.07. The van der Waals surface area contributed by atoms with Crippen LogP contribution in [0.1, 0.15) is 20.8 Å². The van der Waals surface area contributed by atoms with Crippen molar-refractivity contribution in [1.82, 2.24) is 19.6 Å². The van der Waals surface area contributed by atoms with Crippen LogP contribution in [0.5, 0.6) is 0 Å². The minimum atomic E-state index is -0.559. The van der Waals surface area contributed by atoms with Gasteiger partial charge in [0.15, 0.2) is 5.82 Å². The lowest BCUT2D eigenvalue weighted by atomic mass is 10.3. The Hall–Kier alpha value is -1.60. The third kappa shape index (κ3) is 6.14. The van der Waals surface area contributed by atoms with Crippen LogP contribution >= 0.6 is 0 Å². The third-order valence-electron chi connectivity index (χ3n) is 3.00. The summed E-state index contributed by atoms with van der Waals surface area (Å²) in [6.07, 6.45) is 1.28. The van der Waals surface area contributed by atoms with E-state index in [1.807, 2.05) is 34.1 Å². The molecular formula is C14H27N5O2. The second-order valence-electron chi connectivity index (χ2n) is 5.79. The highest BCUT2D eigenvalue weighted by Crippen LogP contribution is 2.07. The molecule has 0 aromatic carbocycles. The number of amides is 2. The molecule has 0 spiro atoms. The third-order valence-corrected chi connectivity index (χ3v) is 3.00. The summed E-state index contributed by atoms with van der Waals surface area (Å²) in [6, 6.07) is 1.54. The van der Waals surface area contributed by atoms with Gasteiger partial charge in [-0.05, 0) is 34.9 Å². The number of aromatic nitrogens is 2. The fourth-order valence-electron chi connectivity index (χ4n) is 1.85. The second-order valence-corrected chi connectivity index (χ2v) is 5.79. The van der Waals surface area contributed by atoms with Gasteiger partial charge < -0.3 is 14.9 Å². The molecule has 1 aromatic heterocycles. The molecule has 21 heavy (non-hydrogen) atoms. The Balaban J connectivity index is 2.60. The van der Waals surface area contributed by atoms with Crippen LogP contribution in [0.25, 0.3) is 0 Å². The van der Waals surface area contributed by atoms with Gasteiger partial charge in [-0.15, -0.1) is 0 Å². The van der Waals surface area contributed by atoms with Crippen LogP contribution in [0.15, 0.2) is 12.3 Å². The number of rotatable bonds is 7. The van der Waals surface area contributed by atoms with Gasteiger partial charge in [0.1, 0.15) is 0 Å². The first-order valence-corrected chi connectivity index (χ1v) is 7.23. The summed E-state index contributed by atoms with van der Waals surface area (Å²) in [4.78, 5) is 15.9. The molecular weight excluding hydrogens is 270 g/mol. The molecule has 0 unspecified atom stereocenters. The first-order chi connectivity index (χ1) is 9.79. The minimum Gasteiger partial charge on any atom is -0.392 e. The zero-order valence-electron chi connectivity index (χ0n) is 13.6. The number of urea groups is 1. The van der Waals surface area contributed by atoms with Crippen molar-refractivity contribution in [2.75, 3.05) is 32.5 Å². The van der Waals surface area contributed by atoms with Gasteiger partial charge in [0.2, 0.25) is 0 Å². The van der Waals surface area contributed by atoms with E-state index in [4.69, 9.17) is 0 Å². The lowest BCUT2D eigenvalue weighted by molar-refractivity contribution is 0.125. The summed E-state index contributed by atoms with van der Waals surface area (Å²) in [5.74, 6) is 0.523. The molecule has 0 bridgehead atoms. The zero-order valence-corrected chi connectivity index (χ0v) is 13.6. The van der Waals surface area contributed by atoms with Crippen molar-refractivity contribution in [2.24, 2.45) is 0 Å². The normalized spacial score (nSPS) is 12.8. The fraction of sp³-hybridized carbons (Fsp3) is 0.714. The van der Waals surface area contributed by atoms with E-state index in [-0.39, 0.29) is 12.1 Å². The van der Waals surface area contributed by atoms with E-state index < -0.39 is 6.10 Å². The van der Waals surface area contributed by atoms with Crippen molar-refractivity contribution >= 4 is 11.8 Å². The van der Waals surface area contributed by atoms with E-state index in [0.29, 0.717) is 12.4 Å². The average molecular weight is 297 g/mol. The largest absolute Gasteiger partial charge is 0.392 e. The van der Waals surface area contributed by atoms with Gasteiger partial charge in [-0.1, -0.05) is 0 Å². The van der Waals surface area contributed by atoms with Crippen molar-refractivity contribution in [3.05, 3.63) is 12.3 Å². The molecule has 0 aliphatic rings. The Morgan fingerprint density at radius 2 is 2.10 bits per heavy atom. The first-order valence-electron chi connectivity index (χ1n) is 7.23. The molecule has 0 fully saturated rings. The summed E-state index contributed by atoms with van der Waals surface area (Å²) in [5, 5.41) is 16.5. The number of aliphatic hydroxyl groups is 1. The van der Waals surface area contributed by atoms with Gasteiger partial charge in [0.25, 0.3) is 0 Å². The lowest BCUT2D eigenvalue weighted by Crippen LogP contribution is -2.43. The molecule has 7 nitrogen and oxygen atoms in total. The van der Waals surface area contributed by atoms with Crippen LogP contribution in [-0.4, -0.2) is 70.0 Å². The van der Waals surface area contributed by atoms with Crippen LogP contribution in [0.4, 0.5) is 10.6 Å². The van der Waals surface area contributed by atoms with Crippen LogP contribution < -0.4 is 5.32 Å². The molecule has 0 radical (unpaired) electrons. The number of anilines is 1. The Morgan fingerprint density at radius 1 is 1.43 bits per heavy atom. The van der Waals surface area contributed by atoms with Gasteiger partial charge in [0, 0.05) is 31.4 Å². The van der Waals surface area contributed by atoms with E-state index in [2.05, 4.69) is 15.3 Å². The molecule has 1 atom stereocenters. The van der Waals surface area contributed by atoms with Gasteiger partial charge in [-0.2, -0.15) is 5.10 Å². The van der Waals surface area contributed by atoms with Gasteiger partial charge in [0.05, 0.1) is 12.6 Å². The number of nitrogens with zero attached hydrogens (tertiary/aromatic N) is 4. The quantitative estimate of drug-likeness (QED) is 0.789. The number of hydrogen-bond donors (Lipinski definition) is 2. The average Bonchev–Trinajstić information content (AvgIpc) is 2.80. The molecule has 0 saturated heterocycles. The maximum atomic E-state index is 12.2. The van der Waals surface area contributed by atoms with E-state index in [0.717, 1.165) is 13.1 Å². The molecule has 1 rings (SSSR count). The Morgan fingerprint density at radius 3 is 2.62 bits per heavy atom. The number of hydrogen-bond acceptors (Lipinski definition) is 4. The summed E-state index contributed by atoms with van der Waals surface area (Å²) in [6.45, 7) is 7.44. The molecule has 0 aliphatic carbocycles. The molecule has 1 heterocycles. The molecule has 2 N–H and O–H groups in total. The SMILES string of the molecule is CC(C)N(C[C@H](C)O)C(=O)Nc1ccn(CCN(C)C)n1. The molecule has 2 amide bonds. The predicted molar refractivity (Wildman–Crippen MR) is 83.3 cm³/mol. The summed E-state index contributed by atoms with van der Waals surface area (Å²) in [7, 11) is 4.01. The van der Waals surface area contributed by atoms with E-state index in [9.17, 15) is 9.90 Å². The smallest absolute Gasteiger partial charge is 0.323 e. The maximum absolute atomic E-state index is 12.2. The monoisotopic (exact) mass is 297 g/mol. The van der Waals surface area contributed by atoms with Gasteiger partial charge in [-0.3, -0.25) is 10.00 Å². The number of likely N-dealkylation sites (N-methyl/N-ethyl adjacent to an activating group) is 1. The van der Waals surface area contributed by atoms with E-state index in [1.54, 1.807) is 22.6 Å². The molecule has 120 valence electrons. The number of aliphatic hydroxyl groups excluding tert-OH is 1. The van der Waals surface area contributed by atoms with Crippen LogP contribution in [-0.2, 0) is 6.54 Å². The van der Waals surface area contributed by atoms with Crippen molar-refractivity contribution in [3.8, 4) is 0 Å². The fourth-order valence-corrected chi connectivity index (χ4v) is 1.85. The number of nitrogens with one attached hydrogen (secondary N) is 1. The standard InChI is InChI=1S/C14H27N5O2/c1-11(2)19(10-12(3)20)14(21)15-13-6-7-18(16-13)9-8-17(4)5/h6-7,11-12,20H,8-10H2,1-5H3,(H,15,16,21)/t12-/m0/s1. The molecule has 0 saturated carbocycles. The molecule has 1 aromatic rings. The molecule has 0 aliphatic heterocycles. The Labute approximate surface area is 126 Å². The highest BCUT2D eigenvalue weighted by atomic mass is 16.3. The highest BCUT2D eigenvalue weighted by molar-refractivity contribution is 5.88. The zero-order chi connectivity index (χ0) is 16.0. The maximum Gasteiger partial charge on any atom is 0.323 e. The summed E-state index contributed by atoms with van der Waals surface area (Å²) >= 11 is 0. The number of carbonyl (C=O) groups excluding carboxylic acids is 1. The van der Waals surface area contributed by atoms with Gasteiger partial charge in [-0.25, -0.2) is 4.79 Å².